The molecule has 0 saturated heterocycles. The van der Waals surface area contributed by atoms with Gasteiger partial charge in [-0.15, -0.1) is 0 Å². The van der Waals surface area contributed by atoms with E-state index in [4.69, 9.17) is 4.98 Å². The zero-order valence-electron chi connectivity index (χ0n) is 15.9. The highest BCUT2D eigenvalue weighted by atomic mass is 127. The Balaban J connectivity index is 1.79. The second-order valence-corrected chi connectivity index (χ2v) is 9.02. The van der Waals surface area contributed by atoms with Crippen molar-refractivity contribution in [2.45, 2.75) is 13.0 Å². The maximum Gasteiger partial charge on any atom is 0.261 e. The molecule has 4 nitrogen and oxygen atoms in total. The molecular weight excluding hydrogens is 555 g/mol. The summed E-state index contributed by atoms with van der Waals surface area (Å²) < 4.78 is 3.56. The van der Waals surface area contributed by atoms with Crippen molar-refractivity contribution >= 4 is 61.6 Å². The molecule has 6 heteroatoms. The second-order valence-electron chi connectivity index (χ2n) is 6.86. The van der Waals surface area contributed by atoms with E-state index in [0.717, 1.165) is 20.0 Å². The maximum absolute atomic E-state index is 13.3. The van der Waals surface area contributed by atoms with Crippen molar-refractivity contribution in [3.05, 3.63) is 102 Å². The Morgan fingerprint density at radius 1 is 1.03 bits per heavy atom. The third kappa shape index (κ3) is 4.65. The number of phenols is 1. The predicted octanol–water partition coefficient (Wildman–Crippen LogP) is 5.88. The fraction of sp³-hybridized carbons (Fsp3) is 0.0833. The number of aromatic nitrogens is 2. The number of fused-ring (bicyclic) bond motifs is 1. The van der Waals surface area contributed by atoms with Crippen LogP contribution < -0.4 is 5.56 Å². The fourth-order valence-corrected chi connectivity index (χ4v) is 4.13. The number of nitrogens with zero attached hydrogens (tertiary/aromatic N) is 2. The molecule has 0 aliphatic rings. The minimum absolute atomic E-state index is 0.0624. The van der Waals surface area contributed by atoms with E-state index in [1.54, 1.807) is 28.9 Å². The van der Waals surface area contributed by atoms with E-state index >= 15 is 0 Å². The van der Waals surface area contributed by atoms with E-state index in [1.165, 1.54) is 0 Å². The Hall–Kier alpha value is -2.45. The Labute approximate surface area is 196 Å². The summed E-state index contributed by atoms with van der Waals surface area (Å²) in [6, 6.07) is 21.0. The lowest BCUT2D eigenvalue weighted by molar-refractivity contribution is 0.474. The van der Waals surface area contributed by atoms with Gasteiger partial charge in [-0.25, -0.2) is 4.98 Å². The molecule has 0 fully saturated rings. The van der Waals surface area contributed by atoms with E-state index in [2.05, 4.69) is 50.7 Å². The van der Waals surface area contributed by atoms with Crippen molar-refractivity contribution in [2.75, 3.05) is 0 Å². The summed E-state index contributed by atoms with van der Waals surface area (Å²) in [6.07, 6.45) is 4.28. The number of hydrogen-bond acceptors (Lipinski definition) is 3. The molecule has 4 aromatic rings. The molecule has 0 radical (unpaired) electrons. The molecule has 0 atom stereocenters. The summed E-state index contributed by atoms with van der Waals surface area (Å²) in [6.45, 7) is 0.515. The molecule has 1 heterocycles. The first-order chi connectivity index (χ1) is 14.5. The lowest BCUT2D eigenvalue weighted by Crippen LogP contribution is -2.25. The van der Waals surface area contributed by atoms with Crippen LogP contribution in [-0.2, 0) is 13.0 Å². The van der Waals surface area contributed by atoms with Crippen LogP contribution in [0.4, 0.5) is 0 Å². The lowest BCUT2D eigenvalue weighted by atomic mass is 10.1. The van der Waals surface area contributed by atoms with Gasteiger partial charge in [-0.05, 0) is 83.1 Å². The first-order valence-electron chi connectivity index (χ1n) is 9.42. The zero-order valence-corrected chi connectivity index (χ0v) is 19.7. The molecule has 30 heavy (non-hydrogen) atoms. The van der Waals surface area contributed by atoms with E-state index < -0.39 is 0 Å². The maximum atomic E-state index is 13.3. The molecule has 150 valence electrons. The molecule has 0 aliphatic carbocycles. The molecule has 0 bridgehead atoms. The highest BCUT2D eigenvalue weighted by molar-refractivity contribution is 14.1. The number of hydrogen-bond donors (Lipinski definition) is 1. The summed E-state index contributed by atoms with van der Waals surface area (Å²) >= 11 is 5.63. The minimum Gasteiger partial charge on any atom is -0.507 e. The summed E-state index contributed by atoms with van der Waals surface area (Å²) in [4.78, 5) is 18.0. The number of benzene rings is 3. The third-order valence-corrected chi connectivity index (χ3v) is 5.98. The Bertz CT molecular complexity index is 1300. The van der Waals surface area contributed by atoms with Gasteiger partial charge in [0.2, 0.25) is 0 Å². The molecule has 3 aromatic carbocycles. The molecule has 1 N–H and O–H groups in total. The van der Waals surface area contributed by atoms with E-state index in [0.29, 0.717) is 28.8 Å². The first-order valence-corrected chi connectivity index (χ1v) is 11.3. The van der Waals surface area contributed by atoms with Gasteiger partial charge in [0.15, 0.2) is 0 Å². The molecule has 4 rings (SSSR count). The average Bonchev–Trinajstić information content (AvgIpc) is 2.75. The Morgan fingerprint density at radius 3 is 2.63 bits per heavy atom. The molecule has 0 amide bonds. The number of rotatable bonds is 5. The van der Waals surface area contributed by atoms with Crippen LogP contribution in [0.1, 0.15) is 17.0 Å². The van der Waals surface area contributed by atoms with Gasteiger partial charge in [-0.2, -0.15) is 0 Å². The van der Waals surface area contributed by atoms with E-state index in [1.807, 2.05) is 42.5 Å². The van der Waals surface area contributed by atoms with Gasteiger partial charge in [-0.1, -0.05) is 46.3 Å². The van der Waals surface area contributed by atoms with Crippen molar-refractivity contribution in [1.82, 2.24) is 9.55 Å². The second kappa shape index (κ2) is 9.14. The van der Waals surface area contributed by atoms with Crippen molar-refractivity contribution < 1.29 is 5.11 Å². The SMILES string of the molecule is O=c1c2cc(I)ccc2nc(C=Cc2cc(Br)ccc2O)n1CCc1ccccc1. The summed E-state index contributed by atoms with van der Waals surface area (Å²) in [5.41, 5.74) is 2.41. The molecule has 1 aromatic heterocycles. The van der Waals surface area contributed by atoms with Gasteiger partial charge < -0.3 is 5.11 Å². The summed E-state index contributed by atoms with van der Waals surface area (Å²) in [5, 5.41) is 10.7. The van der Waals surface area contributed by atoms with Crippen molar-refractivity contribution in [3.63, 3.8) is 0 Å². The monoisotopic (exact) mass is 572 g/mol. The van der Waals surface area contributed by atoms with Crippen LogP contribution in [-0.4, -0.2) is 14.7 Å². The van der Waals surface area contributed by atoms with Gasteiger partial charge >= 0.3 is 0 Å². The number of aryl methyl sites for hydroxylation is 1. The molecule has 0 saturated carbocycles. The number of phenolic OH excluding ortho intramolecular Hbond substituents is 1. The van der Waals surface area contributed by atoms with Crippen molar-refractivity contribution in [2.24, 2.45) is 0 Å². The fourth-order valence-electron chi connectivity index (χ4n) is 3.26. The molecule has 0 aliphatic heterocycles. The van der Waals surface area contributed by atoms with Crippen molar-refractivity contribution in [3.8, 4) is 5.75 Å². The van der Waals surface area contributed by atoms with Crippen molar-refractivity contribution in [1.29, 1.82) is 0 Å². The van der Waals surface area contributed by atoms with Gasteiger partial charge in [0.25, 0.3) is 5.56 Å². The van der Waals surface area contributed by atoms with E-state index in [9.17, 15) is 9.90 Å². The first kappa shape index (κ1) is 20.8. The normalized spacial score (nSPS) is 11.4. The van der Waals surface area contributed by atoms with Gasteiger partial charge in [0.05, 0.1) is 10.9 Å². The standard InChI is InChI=1S/C24H18BrIN2O2/c25-18-7-10-22(29)17(14-18)6-11-23-27-21-9-8-19(26)15-20(21)24(30)28(23)13-12-16-4-2-1-3-5-16/h1-11,14-15,29H,12-13H2. The van der Waals surface area contributed by atoms with Crippen LogP contribution in [0.3, 0.4) is 0 Å². The average molecular weight is 573 g/mol. The Morgan fingerprint density at radius 2 is 1.83 bits per heavy atom. The summed E-state index contributed by atoms with van der Waals surface area (Å²) in [7, 11) is 0. The quantitative estimate of drug-likeness (QED) is 0.304. The van der Waals surface area contributed by atoms with Crippen LogP contribution in [0.2, 0.25) is 0 Å². The van der Waals surface area contributed by atoms with E-state index in [-0.39, 0.29) is 11.3 Å². The van der Waals surface area contributed by atoms with Crippen LogP contribution in [0.15, 0.2) is 76.0 Å². The van der Waals surface area contributed by atoms with Gasteiger partial charge in [0.1, 0.15) is 11.6 Å². The molecule has 0 unspecified atom stereocenters. The largest absolute Gasteiger partial charge is 0.507 e. The zero-order chi connectivity index (χ0) is 21.1. The Kier molecular flexibility index (Phi) is 6.34. The van der Waals surface area contributed by atoms with Gasteiger partial charge in [0, 0.05) is 20.2 Å². The summed E-state index contributed by atoms with van der Waals surface area (Å²) in [5.74, 6) is 0.729. The predicted molar refractivity (Wildman–Crippen MR) is 134 cm³/mol. The highest BCUT2D eigenvalue weighted by Gasteiger charge is 2.10. The molecular formula is C24H18BrIN2O2. The van der Waals surface area contributed by atoms with Crippen LogP contribution >= 0.6 is 38.5 Å². The number of halogens is 2. The third-order valence-electron chi connectivity index (χ3n) is 4.81. The molecule has 0 spiro atoms. The topological polar surface area (TPSA) is 55.1 Å². The van der Waals surface area contributed by atoms with Crippen LogP contribution in [0.5, 0.6) is 5.75 Å². The smallest absolute Gasteiger partial charge is 0.261 e. The highest BCUT2D eigenvalue weighted by Crippen LogP contribution is 2.24. The number of aromatic hydroxyl groups is 1. The van der Waals surface area contributed by atoms with Crippen LogP contribution in [0.25, 0.3) is 23.1 Å². The van der Waals surface area contributed by atoms with Gasteiger partial charge in [-0.3, -0.25) is 9.36 Å². The lowest BCUT2D eigenvalue weighted by Gasteiger charge is -2.12. The minimum atomic E-state index is -0.0624. The van der Waals surface area contributed by atoms with Crippen LogP contribution in [0, 0.1) is 3.57 Å².